The molecule has 7 heteroatoms. The molecule has 0 atom stereocenters. The summed E-state index contributed by atoms with van der Waals surface area (Å²) in [7, 11) is 0. The molecule has 0 spiro atoms. The first-order valence-corrected chi connectivity index (χ1v) is 6.79. The highest BCUT2D eigenvalue weighted by Gasteiger charge is 2.11. The van der Waals surface area contributed by atoms with Crippen molar-refractivity contribution in [3.05, 3.63) is 45.1 Å². The number of phenolic OH excluding ortho intramolecular Hbond substituents is 2. The average Bonchev–Trinajstić information content (AvgIpc) is 2.82. The Balaban J connectivity index is 2.12. The van der Waals surface area contributed by atoms with Crippen LogP contribution in [-0.2, 0) is 0 Å². The van der Waals surface area contributed by atoms with Crippen LogP contribution in [0.4, 0.5) is 0 Å². The van der Waals surface area contributed by atoms with Gasteiger partial charge in [0, 0.05) is 6.07 Å². The molecular formula is C13H11ClN2O3S. The topological polar surface area (TPSA) is 81.9 Å². The standard InChI is InChI=1S/C13H11ClN2O3S/c1-7(11-4-5-12(14)20-11)15-16-13(19)9-3-2-8(17)6-10(9)18/h2-6,17-18H,1H3,(H,16,19)/b15-7+. The second-order valence-electron chi connectivity index (χ2n) is 3.94. The Morgan fingerprint density at radius 2 is 2.05 bits per heavy atom. The van der Waals surface area contributed by atoms with Crippen molar-refractivity contribution in [2.75, 3.05) is 0 Å². The lowest BCUT2D eigenvalue weighted by molar-refractivity contribution is 0.0952. The van der Waals surface area contributed by atoms with Crippen LogP contribution in [-0.4, -0.2) is 21.8 Å². The van der Waals surface area contributed by atoms with Crippen LogP contribution in [0.15, 0.2) is 35.4 Å². The third kappa shape index (κ3) is 3.28. The number of thiophene rings is 1. The van der Waals surface area contributed by atoms with E-state index in [1.54, 1.807) is 19.1 Å². The van der Waals surface area contributed by atoms with Gasteiger partial charge in [-0.2, -0.15) is 5.10 Å². The molecule has 2 aromatic rings. The van der Waals surface area contributed by atoms with Crippen molar-refractivity contribution in [1.29, 1.82) is 0 Å². The quantitative estimate of drug-likeness (QED) is 0.602. The maximum atomic E-state index is 11.8. The van der Waals surface area contributed by atoms with E-state index in [0.717, 1.165) is 10.9 Å². The van der Waals surface area contributed by atoms with Gasteiger partial charge in [0.25, 0.3) is 5.91 Å². The molecule has 20 heavy (non-hydrogen) atoms. The zero-order valence-corrected chi connectivity index (χ0v) is 12.0. The number of aromatic hydroxyl groups is 2. The highest BCUT2D eigenvalue weighted by atomic mass is 35.5. The Morgan fingerprint density at radius 3 is 2.65 bits per heavy atom. The van der Waals surface area contributed by atoms with Crippen LogP contribution >= 0.6 is 22.9 Å². The van der Waals surface area contributed by atoms with Gasteiger partial charge in [-0.05, 0) is 31.2 Å². The van der Waals surface area contributed by atoms with Gasteiger partial charge < -0.3 is 10.2 Å². The zero-order chi connectivity index (χ0) is 14.7. The molecule has 104 valence electrons. The van der Waals surface area contributed by atoms with Gasteiger partial charge in [-0.1, -0.05) is 11.6 Å². The summed E-state index contributed by atoms with van der Waals surface area (Å²) in [5, 5.41) is 22.7. The Labute approximate surface area is 124 Å². The van der Waals surface area contributed by atoms with E-state index in [-0.39, 0.29) is 17.1 Å². The third-order valence-electron chi connectivity index (χ3n) is 2.48. The van der Waals surface area contributed by atoms with Gasteiger partial charge in [-0.3, -0.25) is 4.79 Å². The number of amides is 1. The van der Waals surface area contributed by atoms with Gasteiger partial charge in [0.1, 0.15) is 11.5 Å². The Morgan fingerprint density at radius 1 is 1.30 bits per heavy atom. The number of nitrogens with zero attached hydrogens (tertiary/aromatic N) is 1. The van der Waals surface area contributed by atoms with E-state index in [9.17, 15) is 9.90 Å². The third-order valence-corrected chi connectivity index (χ3v) is 3.82. The Kier molecular flexibility index (Phi) is 4.26. The van der Waals surface area contributed by atoms with Crippen LogP contribution in [0.2, 0.25) is 4.34 Å². The van der Waals surface area contributed by atoms with Gasteiger partial charge in [0.15, 0.2) is 0 Å². The number of halogens is 1. The summed E-state index contributed by atoms with van der Waals surface area (Å²) < 4.78 is 0.636. The van der Waals surface area contributed by atoms with Crippen molar-refractivity contribution in [3.8, 4) is 11.5 Å². The molecule has 0 aliphatic rings. The molecular weight excluding hydrogens is 300 g/mol. The van der Waals surface area contributed by atoms with Crippen molar-refractivity contribution in [3.63, 3.8) is 0 Å². The first-order chi connectivity index (χ1) is 9.47. The molecule has 0 aliphatic heterocycles. The molecule has 3 N–H and O–H groups in total. The molecule has 1 aromatic carbocycles. The van der Waals surface area contributed by atoms with Crippen LogP contribution < -0.4 is 5.43 Å². The minimum Gasteiger partial charge on any atom is -0.508 e. The van der Waals surface area contributed by atoms with E-state index in [4.69, 9.17) is 16.7 Å². The lowest BCUT2D eigenvalue weighted by Crippen LogP contribution is -2.19. The number of rotatable bonds is 3. The zero-order valence-electron chi connectivity index (χ0n) is 10.4. The number of carbonyl (C=O) groups is 1. The largest absolute Gasteiger partial charge is 0.508 e. The van der Waals surface area contributed by atoms with Gasteiger partial charge >= 0.3 is 0 Å². The first kappa shape index (κ1) is 14.4. The molecule has 1 amide bonds. The fraction of sp³-hybridized carbons (Fsp3) is 0.0769. The van der Waals surface area contributed by atoms with E-state index in [1.165, 1.54) is 23.5 Å². The van der Waals surface area contributed by atoms with Crippen molar-refractivity contribution < 1.29 is 15.0 Å². The number of benzene rings is 1. The summed E-state index contributed by atoms with van der Waals surface area (Å²) in [6.07, 6.45) is 0. The highest BCUT2D eigenvalue weighted by molar-refractivity contribution is 7.18. The SMILES string of the molecule is C/C(=N\NC(=O)c1ccc(O)cc1O)c1ccc(Cl)s1. The summed E-state index contributed by atoms with van der Waals surface area (Å²) in [5.74, 6) is -0.994. The minimum atomic E-state index is -0.565. The second-order valence-corrected chi connectivity index (χ2v) is 5.66. The van der Waals surface area contributed by atoms with Crippen molar-refractivity contribution >= 4 is 34.6 Å². The monoisotopic (exact) mass is 310 g/mol. The molecule has 1 heterocycles. The number of hydrazone groups is 1. The van der Waals surface area contributed by atoms with E-state index >= 15 is 0 Å². The lowest BCUT2D eigenvalue weighted by Gasteiger charge is -2.04. The molecule has 0 fully saturated rings. The van der Waals surface area contributed by atoms with Crippen LogP contribution in [0.1, 0.15) is 22.2 Å². The van der Waals surface area contributed by atoms with Gasteiger partial charge in [-0.15, -0.1) is 11.3 Å². The number of carbonyl (C=O) groups excluding carboxylic acids is 1. The molecule has 0 unspecified atom stereocenters. The molecule has 0 aliphatic carbocycles. The maximum Gasteiger partial charge on any atom is 0.275 e. The van der Waals surface area contributed by atoms with Crippen LogP contribution in [0, 0.1) is 0 Å². The van der Waals surface area contributed by atoms with Crippen LogP contribution in [0.25, 0.3) is 0 Å². The molecule has 0 bridgehead atoms. The molecule has 0 saturated heterocycles. The minimum absolute atomic E-state index is 0.0311. The predicted octanol–water partition coefficient (Wildman–Crippen LogP) is 2.97. The van der Waals surface area contributed by atoms with E-state index in [2.05, 4.69) is 10.5 Å². The smallest absolute Gasteiger partial charge is 0.275 e. The summed E-state index contributed by atoms with van der Waals surface area (Å²) in [6, 6.07) is 7.26. The normalized spacial score (nSPS) is 11.4. The van der Waals surface area contributed by atoms with E-state index < -0.39 is 5.91 Å². The van der Waals surface area contributed by atoms with Crippen molar-refractivity contribution in [2.24, 2.45) is 5.10 Å². The molecule has 0 saturated carbocycles. The summed E-state index contributed by atoms with van der Waals surface area (Å²) >= 11 is 7.17. The maximum absolute atomic E-state index is 11.8. The Bertz CT molecular complexity index is 682. The van der Waals surface area contributed by atoms with Gasteiger partial charge in [-0.25, -0.2) is 5.43 Å². The fourth-order valence-corrected chi connectivity index (χ4v) is 2.46. The van der Waals surface area contributed by atoms with Crippen LogP contribution in [0.5, 0.6) is 11.5 Å². The molecule has 2 rings (SSSR count). The average molecular weight is 311 g/mol. The number of hydrogen-bond donors (Lipinski definition) is 3. The number of phenols is 2. The lowest BCUT2D eigenvalue weighted by atomic mass is 10.2. The predicted molar refractivity (Wildman–Crippen MR) is 78.8 cm³/mol. The van der Waals surface area contributed by atoms with Crippen molar-refractivity contribution in [2.45, 2.75) is 6.92 Å². The second kappa shape index (κ2) is 5.94. The number of nitrogens with one attached hydrogen (secondary N) is 1. The highest BCUT2D eigenvalue weighted by Crippen LogP contribution is 2.23. The van der Waals surface area contributed by atoms with Crippen LogP contribution in [0.3, 0.4) is 0 Å². The molecule has 0 radical (unpaired) electrons. The van der Waals surface area contributed by atoms with E-state index in [1.807, 2.05) is 0 Å². The van der Waals surface area contributed by atoms with Gasteiger partial charge in [0.05, 0.1) is 20.5 Å². The fourth-order valence-electron chi connectivity index (χ4n) is 1.47. The number of hydrogen-bond acceptors (Lipinski definition) is 5. The first-order valence-electron chi connectivity index (χ1n) is 5.59. The molecule has 1 aromatic heterocycles. The summed E-state index contributed by atoms with van der Waals surface area (Å²) in [4.78, 5) is 12.7. The van der Waals surface area contributed by atoms with Gasteiger partial charge in [0.2, 0.25) is 0 Å². The van der Waals surface area contributed by atoms with E-state index in [0.29, 0.717) is 10.0 Å². The Hall–Kier alpha value is -2.05. The summed E-state index contributed by atoms with van der Waals surface area (Å²) in [5.41, 5.74) is 2.97. The summed E-state index contributed by atoms with van der Waals surface area (Å²) in [6.45, 7) is 1.74. The molecule has 5 nitrogen and oxygen atoms in total. The van der Waals surface area contributed by atoms with Crippen molar-refractivity contribution in [1.82, 2.24) is 5.43 Å².